The van der Waals surface area contributed by atoms with E-state index >= 15 is 0 Å². The van der Waals surface area contributed by atoms with Gasteiger partial charge in [0.25, 0.3) is 10.6 Å². The van der Waals surface area contributed by atoms with Crippen LogP contribution in [0.4, 0.5) is 0 Å². The number of aromatic amines is 1. The first-order valence-corrected chi connectivity index (χ1v) is 5.81. The molecule has 0 aromatic carbocycles. The molecule has 1 aliphatic heterocycles. The van der Waals surface area contributed by atoms with Crippen molar-refractivity contribution in [1.29, 1.82) is 0 Å². The zero-order valence-corrected chi connectivity index (χ0v) is 10.5. The van der Waals surface area contributed by atoms with Gasteiger partial charge in [-0.3, -0.25) is 14.3 Å². The maximum atomic E-state index is 11.7. The average molecular weight is 287 g/mol. The monoisotopic (exact) mass is 287 g/mol. The third-order valence-corrected chi connectivity index (χ3v) is 3.00. The minimum absolute atomic E-state index is 0.0666. The van der Waals surface area contributed by atoms with Crippen molar-refractivity contribution in [3.8, 4) is 0 Å². The predicted octanol–water partition coefficient (Wildman–Crippen LogP) is -1.30. The van der Waals surface area contributed by atoms with Crippen molar-refractivity contribution in [2.75, 3.05) is 6.61 Å². The summed E-state index contributed by atoms with van der Waals surface area (Å²) in [6.07, 6.45) is -1.34. The predicted molar refractivity (Wildman–Crippen MR) is 63.5 cm³/mol. The Morgan fingerprint density at radius 1 is 1.65 bits per heavy atom. The molecule has 0 bridgehead atoms. The molecule has 1 aromatic heterocycles. The number of rotatable bonds is 4. The van der Waals surface area contributed by atoms with Crippen molar-refractivity contribution < 1.29 is 19.8 Å². The number of ether oxygens (including phenoxy) is 1. The van der Waals surface area contributed by atoms with E-state index in [1.54, 1.807) is 0 Å². The fraction of sp³-hybridized carbons (Fsp3) is 0.600. The molecule has 1 aromatic rings. The molecule has 0 spiro atoms. The second kappa shape index (κ2) is 5.43. The third-order valence-electron chi connectivity index (χ3n) is 3.00. The molecule has 2 rings (SSSR count). The number of hydrogen-bond acceptors (Lipinski definition) is 7. The van der Waals surface area contributed by atoms with Gasteiger partial charge in [0.05, 0.1) is 6.10 Å². The van der Waals surface area contributed by atoms with Crippen LogP contribution in [0.3, 0.4) is 0 Å². The Morgan fingerprint density at radius 3 is 3.00 bits per heavy atom. The maximum Gasteiger partial charge on any atom is 0.330 e. The molecule has 0 unspecified atom stereocenters. The summed E-state index contributed by atoms with van der Waals surface area (Å²) >= 11 is 0. The van der Waals surface area contributed by atoms with Gasteiger partial charge in [0.15, 0.2) is 0 Å². The van der Waals surface area contributed by atoms with E-state index in [0.717, 1.165) is 4.57 Å². The lowest BCUT2D eigenvalue weighted by molar-refractivity contribution is -0.759. The van der Waals surface area contributed by atoms with Crippen LogP contribution in [0.25, 0.3) is 0 Å². The first-order valence-electron chi connectivity index (χ1n) is 5.81. The van der Waals surface area contributed by atoms with Crippen LogP contribution < -0.4 is 11.2 Å². The summed E-state index contributed by atoms with van der Waals surface area (Å²) in [6.45, 7) is 1.09. The minimum atomic E-state index is -1.00. The second-order valence-corrected chi connectivity index (χ2v) is 4.43. The largest absolute Gasteiger partial charge is 0.390 e. The summed E-state index contributed by atoms with van der Waals surface area (Å²) in [7, 11) is 0. The zero-order chi connectivity index (χ0) is 14.9. The van der Waals surface area contributed by atoms with Gasteiger partial charge in [-0.1, -0.05) is 0 Å². The molecule has 0 amide bonds. The molecule has 3 atom stereocenters. The maximum absolute atomic E-state index is 11.7. The number of aryl methyl sites for hydroxylation is 1. The summed E-state index contributed by atoms with van der Waals surface area (Å²) < 4.78 is 6.48. The number of aromatic nitrogens is 2. The summed E-state index contributed by atoms with van der Waals surface area (Å²) in [6, 6.07) is 0. The Kier molecular flexibility index (Phi) is 3.86. The van der Waals surface area contributed by atoms with Gasteiger partial charge in [0.2, 0.25) is 0 Å². The molecular weight excluding hydrogens is 274 g/mol. The Labute approximate surface area is 111 Å². The summed E-state index contributed by atoms with van der Waals surface area (Å²) in [5.41, 5.74) is -0.862. The SMILES string of the molecule is Cc1cn([C@H]2C[C@H](O)[C@@H](CO[N+](=O)[O-])O2)c(=O)[nH]c1=O. The highest BCUT2D eigenvalue weighted by Crippen LogP contribution is 2.27. The number of aliphatic hydroxyl groups is 1. The molecule has 110 valence electrons. The van der Waals surface area contributed by atoms with Crippen molar-refractivity contribution in [2.45, 2.75) is 31.8 Å². The van der Waals surface area contributed by atoms with E-state index in [0.29, 0.717) is 5.56 Å². The van der Waals surface area contributed by atoms with Crippen LogP contribution in [0.1, 0.15) is 18.2 Å². The molecule has 2 heterocycles. The van der Waals surface area contributed by atoms with Crippen LogP contribution in [-0.2, 0) is 9.57 Å². The zero-order valence-electron chi connectivity index (χ0n) is 10.5. The van der Waals surface area contributed by atoms with Gasteiger partial charge in [-0.05, 0) is 6.92 Å². The van der Waals surface area contributed by atoms with Gasteiger partial charge in [-0.15, -0.1) is 10.1 Å². The second-order valence-electron chi connectivity index (χ2n) is 4.43. The topological polar surface area (TPSA) is 137 Å². The van der Waals surface area contributed by atoms with Gasteiger partial charge in [0.1, 0.15) is 18.9 Å². The highest BCUT2D eigenvalue weighted by Gasteiger charge is 2.36. The van der Waals surface area contributed by atoms with E-state index in [9.17, 15) is 24.8 Å². The van der Waals surface area contributed by atoms with Crippen LogP contribution in [0.2, 0.25) is 0 Å². The fourth-order valence-electron chi connectivity index (χ4n) is 1.97. The Bertz CT molecular complexity index is 622. The summed E-state index contributed by atoms with van der Waals surface area (Å²) in [5, 5.41) is 18.8. The first kappa shape index (κ1) is 14.2. The molecule has 1 saturated heterocycles. The van der Waals surface area contributed by atoms with Crippen LogP contribution >= 0.6 is 0 Å². The van der Waals surface area contributed by atoms with Gasteiger partial charge in [-0.2, -0.15) is 0 Å². The van der Waals surface area contributed by atoms with Gasteiger partial charge in [0, 0.05) is 18.2 Å². The molecule has 2 N–H and O–H groups in total. The van der Waals surface area contributed by atoms with E-state index in [1.807, 2.05) is 0 Å². The molecule has 10 nitrogen and oxygen atoms in total. The number of nitrogens with zero attached hydrogens (tertiary/aromatic N) is 2. The van der Waals surface area contributed by atoms with Crippen LogP contribution in [-0.4, -0.2) is 38.6 Å². The molecule has 0 aliphatic carbocycles. The van der Waals surface area contributed by atoms with Crippen molar-refractivity contribution in [3.05, 3.63) is 42.7 Å². The normalized spacial score (nSPS) is 25.6. The lowest BCUT2D eigenvalue weighted by Gasteiger charge is -2.15. The van der Waals surface area contributed by atoms with Gasteiger partial charge < -0.3 is 14.7 Å². The van der Waals surface area contributed by atoms with E-state index in [2.05, 4.69) is 9.82 Å². The van der Waals surface area contributed by atoms with E-state index < -0.39 is 41.4 Å². The van der Waals surface area contributed by atoms with Crippen molar-refractivity contribution in [3.63, 3.8) is 0 Å². The summed E-state index contributed by atoms with van der Waals surface area (Å²) in [5.74, 6) is 0. The van der Waals surface area contributed by atoms with Gasteiger partial charge >= 0.3 is 5.69 Å². The van der Waals surface area contributed by atoms with Crippen LogP contribution in [0.15, 0.2) is 15.8 Å². The van der Waals surface area contributed by atoms with Crippen molar-refractivity contribution in [1.82, 2.24) is 9.55 Å². The van der Waals surface area contributed by atoms with E-state index in [1.165, 1.54) is 13.1 Å². The molecule has 0 radical (unpaired) electrons. The van der Waals surface area contributed by atoms with E-state index in [4.69, 9.17) is 4.74 Å². The molecule has 20 heavy (non-hydrogen) atoms. The van der Waals surface area contributed by atoms with Gasteiger partial charge in [-0.25, -0.2) is 4.79 Å². The van der Waals surface area contributed by atoms with Crippen LogP contribution in [0, 0.1) is 17.0 Å². The van der Waals surface area contributed by atoms with Crippen molar-refractivity contribution >= 4 is 0 Å². The lowest BCUT2D eigenvalue weighted by Crippen LogP contribution is -2.33. The molecule has 0 saturated carbocycles. The summed E-state index contributed by atoms with van der Waals surface area (Å²) in [4.78, 5) is 39.3. The Hall–Kier alpha value is -2.20. The Morgan fingerprint density at radius 2 is 2.35 bits per heavy atom. The molecular formula is C10H13N3O7. The van der Waals surface area contributed by atoms with Crippen molar-refractivity contribution in [2.24, 2.45) is 0 Å². The standard InChI is InChI=1S/C10H13N3O7/c1-5-3-12(10(16)11-9(5)15)8-2-6(14)7(20-8)4-19-13(17)18/h3,6-8,14H,2,4H2,1H3,(H,11,15,16)/t6-,7+,8+/m0/s1. The molecule has 1 fully saturated rings. The average Bonchev–Trinajstić information content (AvgIpc) is 2.72. The quantitative estimate of drug-likeness (QED) is 0.518. The highest BCUT2D eigenvalue weighted by molar-refractivity contribution is 5.02. The number of nitrogens with one attached hydrogen (secondary N) is 1. The third kappa shape index (κ3) is 2.86. The number of aliphatic hydroxyl groups excluding tert-OH is 1. The van der Waals surface area contributed by atoms with Crippen LogP contribution in [0.5, 0.6) is 0 Å². The highest BCUT2D eigenvalue weighted by atomic mass is 17.0. The minimum Gasteiger partial charge on any atom is -0.390 e. The lowest BCUT2D eigenvalue weighted by atomic mass is 10.2. The Balaban J connectivity index is 2.16. The number of hydrogen-bond donors (Lipinski definition) is 2. The smallest absolute Gasteiger partial charge is 0.330 e. The van der Waals surface area contributed by atoms with E-state index in [-0.39, 0.29) is 6.42 Å². The number of H-pyrrole nitrogens is 1. The fourth-order valence-corrected chi connectivity index (χ4v) is 1.97. The molecule has 1 aliphatic rings. The first-order chi connectivity index (χ1) is 9.38. The molecule has 10 heteroatoms.